The maximum Gasteiger partial charge on any atom is 0.387 e. The van der Waals surface area contributed by atoms with Crippen LogP contribution >= 0.6 is 0 Å². The molecule has 3 N–H and O–H groups in total. The normalized spacial score (nSPS) is 11.9. The second-order valence-corrected chi connectivity index (χ2v) is 6.30. The molecule has 0 saturated heterocycles. The Bertz CT molecular complexity index is 977. The van der Waals surface area contributed by atoms with E-state index in [4.69, 9.17) is 0 Å². The minimum Gasteiger partial charge on any atom is -0.434 e. The number of benzene rings is 2. The molecule has 0 spiro atoms. The van der Waals surface area contributed by atoms with Gasteiger partial charge in [0.15, 0.2) is 5.82 Å². The highest BCUT2D eigenvalue weighted by molar-refractivity contribution is 5.90. The summed E-state index contributed by atoms with van der Waals surface area (Å²) in [5.74, 6) is 1.25. The summed E-state index contributed by atoms with van der Waals surface area (Å²) >= 11 is 0. The molecule has 9 heteroatoms. The molecule has 0 bridgehead atoms. The quantitative estimate of drug-likeness (QED) is 0.537. The van der Waals surface area contributed by atoms with Gasteiger partial charge in [0, 0.05) is 16.8 Å². The number of amides is 2. The van der Waals surface area contributed by atoms with Crippen molar-refractivity contribution in [2.24, 2.45) is 0 Å². The van der Waals surface area contributed by atoms with E-state index in [1.807, 2.05) is 13.0 Å². The third-order valence-electron chi connectivity index (χ3n) is 4.20. The van der Waals surface area contributed by atoms with Gasteiger partial charge in [0.25, 0.3) is 0 Å². The molecule has 0 radical (unpaired) electrons. The highest BCUT2D eigenvalue weighted by Crippen LogP contribution is 2.28. The summed E-state index contributed by atoms with van der Waals surface area (Å²) in [5, 5.41) is 12.4. The molecule has 0 saturated carbocycles. The smallest absolute Gasteiger partial charge is 0.387 e. The first kappa shape index (κ1) is 20.2. The van der Waals surface area contributed by atoms with Crippen molar-refractivity contribution in [2.45, 2.75) is 32.9 Å². The molecule has 152 valence electrons. The van der Waals surface area contributed by atoms with E-state index in [9.17, 15) is 13.6 Å². The van der Waals surface area contributed by atoms with E-state index >= 15 is 0 Å². The molecule has 0 fully saturated rings. The number of H-pyrrole nitrogens is 1. The number of rotatable bonds is 7. The summed E-state index contributed by atoms with van der Waals surface area (Å²) in [6, 6.07) is 12.5. The molecule has 1 aromatic heterocycles. The summed E-state index contributed by atoms with van der Waals surface area (Å²) < 4.78 is 29.9. The number of aromatic amines is 1. The lowest BCUT2D eigenvalue weighted by Gasteiger charge is -2.21. The highest BCUT2D eigenvalue weighted by atomic mass is 19.3. The molecular formula is C20H21F2N5O2. The first-order valence-electron chi connectivity index (χ1n) is 9.07. The van der Waals surface area contributed by atoms with Crippen LogP contribution in [0.15, 0.2) is 48.5 Å². The molecule has 0 aliphatic carbocycles. The average Bonchev–Trinajstić information content (AvgIpc) is 3.13. The number of halogens is 2. The van der Waals surface area contributed by atoms with Crippen molar-refractivity contribution in [3.8, 4) is 17.1 Å². The zero-order valence-corrected chi connectivity index (χ0v) is 15.9. The Morgan fingerprint density at radius 1 is 1.21 bits per heavy atom. The van der Waals surface area contributed by atoms with Gasteiger partial charge in [-0.1, -0.05) is 37.3 Å². The van der Waals surface area contributed by atoms with E-state index in [1.165, 1.54) is 6.07 Å². The maximum absolute atomic E-state index is 12.7. The van der Waals surface area contributed by atoms with Crippen molar-refractivity contribution >= 4 is 11.7 Å². The molecule has 1 atom stereocenters. The predicted octanol–water partition coefficient (Wildman–Crippen LogP) is 4.65. The van der Waals surface area contributed by atoms with Crippen LogP contribution in [0, 0.1) is 6.92 Å². The highest BCUT2D eigenvalue weighted by Gasteiger charge is 2.19. The molecule has 7 nitrogen and oxygen atoms in total. The molecule has 3 aromatic rings. The van der Waals surface area contributed by atoms with E-state index in [0.717, 1.165) is 5.56 Å². The molecule has 1 unspecified atom stereocenters. The van der Waals surface area contributed by atoms with Gasteiger partial charge in [0.1, 0.15) is 11.6 Å². The zero-order valence-electron chi connectivity index (χ0n) is 15.9. The fraction of sp³-hybridized carbons (Fsp3) is 0.250. The first-order chi connectivity index (χ1) is 14.0. The van der Waals surface area contributed by atoms with Gasteiger partial charge >= 0.3 is 12.6 Å². The second-order valence-electron chi connectivity index (χ2n) is 6.30. The maximum atomic E-state index is 12.7. The molecular weight excluding hydrogens is 380 g/mol. The van der Waals surface area contributed by atoms with Crippen molar-refractivity contribution in [1.29, 1.82) is 0 Å². The number of aromatic nitrogens is 3. The Kier molecular flexibility index (Phi) is 6.38. The molecule has 2 amide bonds. The summed E-state index contributed by atoms with van der Waals surface area (Å²) in [5.41, 5.74) is 1.78. The molecule has 0 aliphatic rings. The summed E-state index contributed by atoms with van der Waals surface area (Å²) in [4.78, 5) is 16.8. The number of hydrogen-bond acceptors (Lipinski definition) is 4. The molecule has 1 heterocycles. The first-order valence-corrected chi connectivity index (χ1v) is 9.07. The average molecular weight is 401 g/mol. The Hall–Kier alpha value is -3.49. The van der Waals surface area contributed by atoms with Gasteiger partial charge in [-0.3, -0.25) is 5.10 Å². The Morgan fingerprint density at radius 2 is 2.00 bits per heavy atom. The molecule has 2 aromatic carbocycles. The number of aryl methyl sites for hydroxylation is 1. The van der Waals surface area contributed by atoms with Gasteiger partial charge in [-0.2, -0.15) is 13.9 Å². The number of hydrogen-bond donors (Lipinski definition) is 3. The predicted molar refractivity (Wildman–Crippen MR) is 105 cm³/mol. The van der Waals surface area contributed by atoms with Crippen molar-refractivity contribution in [3.05, 3.63) is 59.9 Å². The van der Waals surface area contributed by atoms with E-state index in [-0.39, 0.29) is 5.75 Å². The van der Waals surface area contributed by atoms with E-state index in [2.05, 4.69) is 30.6 Å². The van der Waals surface area contributed by atoms with Crippen LogP contribution in [0.5, 0.6) is 5.75 Å². The van der Waals surface area contributed by atoms with Gasteiger partial charge in [-0.15, -0.1) is 0 Å². The van der Waals surface area contributed by atoms with Gasteiger partial charge in [-0.05, 0) is 31.5 Å². The van der Waals surface area contributed by atoms with Crippen LogP contribution in [-0.2, 0) is 0 Å². The Morgan fingerprint density at radius 3 is 2.69 bits per heavy atom. The zero-order chi connectivity index (χ0) is 20.8. The van der Waals surface area contributed by atoms with Gasteiger partial charge < -0.3 is 15.4 Å². The van der Waals surface area contributed by atoms with Gasteiger partial charge in [0.2, 0.25) is 0 Å². The number of para-hydroxylation sites is 1. The number of urea groups is 1. The molecule has 29 heavy (non-hydrogen) atoms. The third kappa shape index (κ3) is 5.28. The van der Waals surface area contributed by atoms with Crippen LogP contribution < -0.4 is 15.4 Å². The van der Waals surface area contributed by atoms with Crippen molar-refractivity contribution in [1.82, 2.24) is 20.5 Å². The standard InChI is InChI=1S/C20H21F2N5O2/c1-3-16(15-9-4-5-10-17(15)29-19(21)22)25-20(28)24-14-8-6-7-13(11-14)18-23-12(2)26-27-18/h4-11,16,19H,3H2,1-2H3,(H,23,26,27)(H2,24,25,28). The lowest BCUT2D eigenvalue weighted by molar-refractivity contribution is -0.0506. The van der Waals surface area contributed by atoms with Crippen molar-refractivity contribution < 1.29 is 18.3 Å². The van der Waals surface area contributed by atoms with Crippen molar-refractivity contribution in [3.63, 3.8) is 0 Å². The SMILES string of the molecule is CCC(NC(=O)Nc1cccc(-c2n[nH]c(C)n2)c1)c1ccccc1OC(F)F. The van der Waals surface area contributed by atoms with Crippen LogP contribution in [0.2, 0.25) is 0 Å². The number of anilines is 1. The number of carbonyl (C=O) groups excluding carboxylic acids is 1. The minimum atomic E-state index is -2.94. The topological polar surface area (TPSA) is 91.9 Å². The second kappa shape index (κ2) is 9.13. The Labute approximate surface area is 166 Å². The van der Waals surface area contributed by atoms with Gasteiger partial charge in [0.05, 0.1) is 6.04 Å². The van der Waals surface area contributed by atoms with Gasteiger partial charge in [-0.25, -0.2) is 9.78 Å². The largest absolute Gasteiger partial charge is 0.434 e. The van der Waals surface area contributed by atoms with E-state index < -0.39 is 18.7 Å². The number of nitrogens with zero attached hydrogens (tertiary/aromatic N) is 2. The lowest BCUT2D eigenvalue weighted by Crippen LogP contribution is -2.32. The van der Waals surface area contributed by atoms with Crippen LogP contribution in [0.4, 0.5) is 19.3 Å². The van der Waals surface area contributed by atoms with Crippen molar-refractivity contribution in [2.75, 3.05) is 5.32 Å². The summed E-state index contributed by atoms with van der Waals surface area (Å²) in [7, 11) is 0. The van der Waals surface area contributed by atoms with E-state index in [0.29, 0.717) is 29.3 Å². The molecule has 3 rings (SSSR count). The van der Waals surface area contributed by atoms with Crippen LogP contribution in [0.25, 0.3) is 11.4 Å². The fourth-order valence-corrected chi connectivity index (χ4v) is 2.90. The van der Waals surface area contributed by atoms with Crippen LogP contribution in [0.1, 0.15) is 30.8 Å². The number of alkyl halides is 2. The Balaban J connectivity index is 1.71. The van der Waals surface area contributed by atoms with Crippen LogP contribution in [0.3, 0.4) is 0 Å². The monoisotopic (exact) mass is 401 g/mol. The minimum absolute atomic E-state index is 0.0385. The molecule has 0 aliphatic heterocycles. The number of carbonyl (C=O) groups is 1. The lowest BCUT2D eigenvalue weighted by atomic mass is 10.0. The third-order valence-corrected chi connectivity index (χ3v) is 4.20. The number of ether oxygens (including phenoxy) is 1. The van der Waals surface area contributed by atoms with Crippen LogP contribution in [-0.4, -0.2) is 27.8 Å². The van der Waals surface area contributed by atoms with E-state index in [1.54, 1.807) is 43.3 Å². The number of nitrogens with one attached hydrogen (secondary N) is 3. The summed E-state index contributed by atoms with van der Waals surface area (Å²) in [6.45, 7) is 0.701. The summed E-state index contributed by atoms with van der Waals surface area (Å²) in [6.07, 6.45) is 0.494. The fourth-order valence-electron chi connectivity index (χ4n) is 2.90.